The smallest absolute Gasteiger partial charge is 0.241 e. The largest absolute Gasteiger partial charge is 0.325 e. The second-order valence-corrected chi connectivity index (χ2v) is 5.02. The Balaban J connectivity index is 1.98. The summed E-state index contributed by atoms with van der Waals surface area (Å²) in [5.41, 5.74) is 1.54. The zero-order chi connectivity index (χ0) is 13.7. The van der Waals surface area contributed by atoms with Crippen LogP contribution < -0.4 is 10.6 Å². The number of hydrogen-bond donors (Lipinski definition) is 2. The van der Waals surface area contributed by atoms with Crippen LogP contribution in [-0.4, -0.2) is 18.5 Å². The third-order valence-corrected chi connectivity index (χ3v) is 3.70. The number of hydrogen-bond acceptors (Lipinski definition) is 2. The molecule has 2 N–H and O–H groups in total. The zero-order valence-corrected chi connectivity index (χ0v) is 11.3. The van der Waals surface area contributed by atoms with Gasteiger partial charge < -0.3 is 10.6 Å². The summed E-state index contributed by atoms with van der Waals surface area (Å²) in [5.74, 6) is 3.25. The predicted molar refractivity (Wildman–Crippen MR) is 77.8 cm³/mol. The van der Waals surface area contributed by atoms with E-state index in [1.807, 2.05) is 24.3 Å². The minimum atomic E-state index is -0.0896. The minimum absolute atomic E-state index is 0.0346. The monoisotopic (exact) mass is 256 g/mol. The van der Waals surface area contributed by atoms with Crippen molar-refractivity contribution in [3.8, 4) is 12.3 Å². The van der Waals surface area contributed by atoms with Gasteiger partial charge in [0.25, 0.3) is 0 Å². The number of carbonyl (C=O) groups excluding carboxylic acids is 1. The Morgan fingerprint density at radius 3 is 3.16 bits per heavy atom. The van der Waals surface area contributed by atoms with Gasteiger partial charge in [-0.1, -0.05) is 25.3 Å². The zero-order valence-electron chi connectivity index (χ0n) is 11.3. The van der Waals surface area contributed by atoms with Crippen molar-refractivity contribution < 1.29 is 4.79 Å². The third kappa shape index (κ3) is 3.59. The van der Waals surface area contributed by atoms with E-state index in [0.29, 0.717) is 5.92 Å². The van der Waals surface area contributed by atoms with Crippen molar-refractivity contribution in [2.45, 2.75) is 32.2 Å². The van der Waals surface area contributed by atoms with Crippen LogP contribution in [0.25, 0.3) is 0 Å². The summed E-state index contributed by atoms with van der Waals surface area (Å²) in [5, 5.41) is 6.21. The van der Waals surface area contributed by atoms with Gasteiger partial charge in [-0.25, -0.2) is 0 Å². The molecule has 3 heteroatoms. The molecule has 0 aromatic heterocycles. The molecule has 1 amide bonds. The highest BCUT2D eigenvalue weighted by Gasteiger charge is 2.25. The van der Waals surface area contributed by atoms with Gasteiger partial charge in [0.15, 0.2) is 0 Å². The normalized spacial score (nSPS) is 22.5. The van der Waals surface area contributed by atoms with Gasteiger partial charge in [-0.3, -0.25) is 4.79 Å². The Bertz CT molecular complexity index is 490. The molecule has 1 aliphatic heterocycles. The molecule has 0 spiro atoms. The number of rotatable bonds is 3. The number of anilines is 1. The van der Waals surface area contributed by atoms with E-state index >= 15 is 0 Å². The van der Waals surface area contributed by atoms with E-state index in [1.54, 1.807) is 0 Å². The summed E-state index contributed by atoms with van der Waals surface area (Å²) in [4.78, 5) is 12.2. The summed E-state index contributed by atoms with van der Waals surface area (Å²) < 4.78 is 0. The first kappa shape index (κ1) is 13.6. The third-order valence-electron chi connectivity index (χ3n) is 3.70. The molecule has 2 rings (SSSR count). The molecule has 100 valence electrons. The average molecular weight is 256 g/mol. The van der Waals surface area contributed by atoms with Crippen LogP contribution in [0.1, 0.15) is 31.7 Å². The van der Waals surface area contributed by atoms with Crippen molar-refractivity contribution in [1.82, 2.24) is 5.32 Å². The highest BCUT2D eigenvalue weighted by Crippen LogP contribution is 2.20. The topological polar surface area (TPSA) is 41.1 Å². The Morgan fingerprint density at radius 1 is 1.58 bits per heavy atom. The van der Waals surface area contributed by atoms with Crippen molar-refractivity contribution in [2.75, 3.05) is 11.9 Å². The van der Waals surface area contributed by atoms with Crippen molar-refractivity contribution in [3.05, 3.63) is 29.8 Å². The van der Waals surface area contributed by atoms with Crippen molar-refractivity contribution in [1.29, 1.82) is 0 Å². The highest BCUT2D eigenvalue weighted by molar-refractivity contribution is 5.95. The van der Waals surface area contributed by atoms with Crippen LogP contribution in [0, 0.1) is 18.3 Å². The lowest BCUT2D eigenvalue weighted by atomic mass is 9.90. The number of piperidine rings is 1. The quantitative estimate of drug-likeness (QED) is 0.815. The SMILES string of the molecule is C#Cc1cccc(NC(=O)C2CC(CC)CCN2)c1. The number of benzene rings is 1. The van der Waals surface area contributed by atoms with Gasteiger partial charge in [0.05, 0.1) is 6.04 Å². The van der Waals surface area contributed by atoms with Gasteiger partial charge in [-0.2, -0.15) is 0 Å². The molecule has 3 nitrogen and oxygen atoms in total. The molecule has 1 saturated heterocycles. The molecule has 0 radical (unpaired) electrons. The Labute approximate surface area is 114 Å². The molecule has 1 aromatic rings. The molecule has 1 aliphatic rings. The molecule has 0 saturated carbocycles. The molecule has 19 heavy (non-hydrogen) atoms. The number of terminal acetylenes is 1. The maximum Gasteiger partial charge on any atom is 0.241 e. The summed E-state index contributed by atoms with van der Waals surface area (Å²) in [6, 6.07) is 7.29. The lowest BCUT2D eigenvalue weighted by molar-refractivity contribution is -0.119. The van der Waals surface area contributed by atoms with E-state index in [2.05, 4.69) is 23.5 Å². The van der Waals surface area contributed by atoms with Crippen molar-refractivity contribution >= 4 is 11.6 Å². The van der Waals surface area contributed by atoms with Gasteiger partial charge in [-0.15, -0.1) is 6.42 Å². The fourth-order valence-electron chi connectivity index (χ4n) is 2.48. The number of amides is 1. The molecule has 1 heterocycles. The van der Waals surface area contributed by atoms with E-state index < -0.39 is 0 Å². The van der Waals surface area contributed by atoms with Crippen LogP contribution in [0.5, 0.6) is 0 Å². The maximum absolute atomic E-state index is 12.2. The Morgan fingerprint density at radius 2 is 2.42 bits per heavy atom. The number of nitrogens with one attached hydrogen (secondary N) is 2. The van der Waals surface area contributed by atoms with Crippen LogP contribution in [0.2, 0.25) is 0 Å². The van der Waals surface area contributed by atoms with E-state index in [0.717, 1.165) is 37.1 Å². The summed E-state index contributed by atoms with van der Waals surface area (Å²) in [6.07, 6.45) is 8.56. The summed E-state index contributed by atoms with van der Waals surface area (Å²) in [7, 11) is 0. The molecule has 2 unspecified atom stereocenters. The first-order valence-electron chi connectivity index (χ1n) is 6.84. The standard InChI is InChI=1S/C16H20N2O/c1-3-12-6-5-7-14(10-12)18-16(19)15-11-13(4-2)8-9-17-15/h1,5-7,10,13,15,17H,4,8-9,11H2,2H3,(H,18,19). The lowest BCUT2D eigenvalue weighted by Gasteiger charge is -2.28. The maximum atomic E-state index is 12.2. The van der Waals surface area contributed by atoms with Crippen molar-refractivity contribution in [2.24, 2.45) is 5.92 Å². The van der Waals surface area contributed by atoms with Gasteiger partial charge in [0.1, 0.15) is 0 Å². The van der Waals surface area contributed by atoms with Crippen LogP contribution >= 0.6 is 0 Å². The average Bonchev–Trinajstić information content (AvgIpc) is 2.47. The van der Waals surface area contributed by atoms with E-state index in [1.165, 1.54) is 0 Å². The first-order chi connectivity index (χ1) is 9.22. The molecule has 1 fully saturated rings. The van der Waals surface area contributed by atoms with Crippen LogP contribution in [0.4, 0.5) is 5.69 Å². The second-order valence-electron chi connectivity index (χ2n) is 5.02. The fourth-order valence-corrected chi connectivity index (χ4v) is 2.48. The molecular formula is C16H20N2O. The molecular weight excluding hydrogens is 236 g/mol. The second kappa shape index (κ2) is 6.40. The van der Waals surface area contributed by atoms with Crippen LogP contribution in [-0.2, 0) is 4.79 Å². The summed E-state index contributed by atoms with van der Waals surface area (Å²) in [6.45, 7) is 3.10. The molecule has 0 bridgehead atoms. The molecule has 0 aliphatic carbocycles. The van der Waals surface area contributed by atoms with E-state index in [9.17, 15) is 4.79 Å². The Hall–Kier alpha value is -1.79. The number of carbonyl (C=O) groups is 1. The molecule has 1 aromatic carbocycles. The van der Waals surface area contributed by atoms with Gasteiger partial charge in [-0.05, 0) is 43.5 Å². The Kier molecular flexibility index (Phi) is 4.59. The first-order valence-corrected chi connectivity index (χ1v) is 6.84. The van der Waals surface area contributed by atoms with E-state index in [4.69, 9.17) is 6.42 Å². The lowest BCUT2D eigenvalue weighted by Crippen LogP contribution is -2.46. The van der Waals surface area contributed by atoms with E-state index in [-0.39, 0.29) is 11.9 Å². The predicted octanol–water partition coefficient (Wildman–Crippen LogP) is 2.38. The fraction of sp³-hybridized carbons (Fsp3) is 0.438. The summed E-state index contributed by atoms with van der Waals surface area (Å²) >= 11 is 0. The molecule has 2 atom stereocenters. The highest BCUT2D eigenvalue weighted by atomic mass is 16.2. The van der Waals surface area contributed by atoms with Gasteiger partial charge in [0, 0.05) is 11.3 Å². The minimum Gasteiger partial charge on any atom is -0.325 e. The van der Waals surface area contributed by atoms with Gasteiger partial charge >= 0.3 is 0 Å². The van der Waals surface area contributed by atoms with Crippen LogP contribution in [0.15, 0.2) is 24.3 Å². The van der Waals surface area contributed by atoms with Crippen molar-refractivity contribution in [3.63, 3.8) is 0 Å². The van der Waals surface area contributed by atoms with Crippen LogP contribution in [0.3, 0.4) is 0 Å². The van der Waals surface area contributed by atoms with Gasteiger partial charge in [0.2, 0.25) is 5.91 Å².